The summed E-state index contributed by atoms with van der Waals surface area (Å²) < 4.78 is 0. The van der Waals surface area contributed by atoms with Crippen LogP contribution >= 0.6 is 11.3 Å². The van der Waals surface area contributed by atoms with Crippen molar-refractivity contribution in [3.05, 3.63) is 21.9 Å². The molecule has 1 aliphatic rings. The highest BCUT2D eigenvalue weighted by molar-refractivity contribution is 7.10. The van der Waals surface area contributed by atoms with Gasteiger partial charge in [-0.25, -0.2) is 0 Å². The van der Waals surface area contributed by atoms with Crippen molar-refractivity contribution in [2.75, 3.05) is 7.05 Å². The van der Waals surface area contributed by atoms with Gasteiger partial charge in [0, 0.05) is 10.9 Å². The zero-order valence-electron chi connectivity index (χ0n) is 12.3. The van der Waals surface area contributed by atoms with Gasteiger partial charge in [-0.2, -0.15) is 0 Å². The molecule has 1 aromatic rings. The first-order valence-corrected chi connectivity index (χ1v) is 8.18. The molecule has 1 atom stereocenters. The summed E-state index contributed by atoms with van der Waals surface area (Å²) in [5, 5.41) is 5.88. The lowest BCUT2D eigenvalue weighted by Crippen LogP contribution is -2.36. The van der Waals surface area contributed by atoms with E-state index >= 15 is 0 Å². The van der Waals surface area contributed by atoms with Crippen LogP contribution in [0.15, 0.2) is 11.4 Å². The van der Waals surface area contributed by atoms with Crippen molar-refractivity contribution >= 4 is 11.3 Å². The van der Waals surface area contributed by atoms with Crippen LogP contribution in [-0.4, -0.2) is 7.05 Å². The van der Waals surface area contributed by atoms with Crippen molar-refractivity contribution in [3.63, 3.8) is 0 Å². The van der Waals surface area contributed by atoms with Crippen LogP contribution in [0.25, 0.3) is 0 Å². The molecule has 1 fully saturated rings. The average molecular weight is 265 g/mol. The molecule has 0 radical (unpaired) electrons. The minimum Gasteiger partial charge on any atom is -0.312 e. The van der Waals surface area contributed by atoms with Gasteiger partial charge < -0.3 is 5.32 Å². The van der Waals surface area contributed by atoms with E-state index in [1.54, 1.807) is 5.56 Å². The van der Waals surface area contributed by atoms with Gasteiger partial charge in [-0.15, -0.1) is 11.3 Å². The number of rotatable bonds is 5. The summed E-state index contributed by atoms with van der Waals surface area (Å²) >= 11 is 1.88. The van der Waals surface area contributed by atoms with Crippen molar-refractivity contribution < 1.29 is 0 Å². The summed E-state index contributed by atoms with van der Waals surface area (Å²) in [5.74, 6) is 0.790. The van der Waals surface area contributed by atoms with E-state index in [2.05, 4.69) is 44.6 Å². The van der Waals surface area contributed by atoms with Crippen molar-refractivity contribution in [1.29, 1.82) is 0 Å². The minimum atomic E-state index is 0.495. The van der Waals surface area contributed by atoms with E-state index < -0.39 is 0 Å². The minimum absolute atomic E-state index is 0.495. The second-order valence-corrected chi connectivity index (χ2v) is 7.44. The Morgan fingerprint density at radius 3 is 2.44 bits per heavy atom. The normalized spacial score (nSPS) is 20.5. The van der Waals surface area contributed by atoms with E-state index in [9.17, 15) is 0 Å². The maximum absolute atomic E-state index is 3.64. The monoisotopic (exact) mass is 265 g/mol. The van der Waals surface area contributed by atoms with E-state index in [0.29, 0.717) is 11.5 Å². The SMILES string of the molecule is CNC(c1ccsc1C)C1(CC(C)C)CCCC1. The molecular weight excluding hydrogens is 238 g/mol. The molecule has 1 aromatic heterocycles. The number of thiophene rings is 1. The second kappa shape index (κ2) is 5.75. The number of aryl methyl sites for hydroxylation is 1. The predicted octanol–water partition coefficient (Wildman–Crippen LogP) is 4.92. The highest BCUT2D eigenvalue weighted by Gasteiger charge is 2.42. The fourth-order valence-corrected chi connectivity index (χ4v) is 4.73. The summed E-state index contributed by atoms with van der Waals surface area (Å²) in [6.45, 7) is 7.00. The van der Waals surface area contributed by atoms with E-state index in [4.69, 9.17) is 0 Å². The molecule has 18 heavy (non-hydrogen) atoms. The van der Waals surface area contributed by atoms with Crippen LogP contribution in [0.4, 0.5) is 0 Å². The molecule has 1 N–H and O–H groups in total. The summed E-state index contributed by atoms with van der Waals surface area (Å²) in [6.07, 6.45) is 6.97. The standard InChI is InChI=1S/C16H27NS/c1-12(2)11-16(8-5-6-9-16)15(17-4)14-7-10-18-13(14)3/h7,10,12,15,17H,5-6,8-9,11H2,1-4H3. The molecule has 2 heteroatoms. The van der Waals surface area contributed by atoms with Gasteiger partial charge in [0.2, 0.25) is 0 Å². The molecule has 0 bridgehead atoms. The lowest BCUT2D eigenvalue weighted by Gasteiger charge is -2.39. The van der Waals surface area contributed by atoms with Crippen LogP contribution in [0, 0.1) is 18.3 Å². The van der Waals surface area contributed by atoms with Gasteiger partial charge in [0.05, 0.1) is 0 Å². The van der Waals surface area contributed by atoms with E-state index in [1.165, 1.54) is 37.0 Å². The smallest absolute Gasteiger partial charge is 0.0385 e. The van der Waals surface area contributed by atoms with Gasteiger partial charge in [0.15, 0.2) is 0 Å². The third kappa shape index (κ3) is 2.65. The molecule has 1 nitrogen and oxygen atoms in total. The van der Waals surface area contributed by atoms with Crippen molar-refractivity contribution in [2.45, 2.75) is 58.9 Å². The summed E-state index contributed by atoms with van der Waals surface area (Å²) in [7, 11) is 2.14. The molecule has 1 aliphatic carbocycles. The molecule has 0 aromatic carbocycles. The maximum atomic E-state index is 3.64. The van der Waals surface area contributed by atoms with Crippen LogP contribution in [0.2, 0.25) is 0 Å². The second-order valence-electron chi connectivity index (χ2n) is 6.32. The van der Waals surface area contributed by atoms with E-state index in [-0.39, 0.29) is 0 Å². The molecule has 0 aliphatic heterocycles. The van der Waals surface area contributed by atoms with Gasteiger partial charge >= 0.3 is 0 Å². The first-order valence-electron chi connectivity index (χ1n) is 7.30. The molecule has 1 heterocycles. The van der Waals surface area contributed by atoms with Gasteiger partial charge in [-0.3, -0.25) is 0 Å². The first-order chi connectivity index (χ1) is 8.59. The Morgan fingerprint density at radius 2 is 2.00 bits per heavy atom. The van der Waals surface area contributed by atoms with Gasteiger partial charge in [-0.1, -0.05) is 26.7 Å². The van der Waals surface area contributed by atoms with Crippen molar-refractivity contribution in [2.24, 2.45) is 11.3 Å². The molecule has 0 saturated heterocycles. The average Bonchev–Trinajstić information content (AvgIpc) is 2.90. The summed E-state index contributed by atoms with van der Waals surface area (Å²) in [5.41, 5.74) is 2.04. The van der Waals surface area contributed by atoms with Crippen molar-refractivity contribution in [3.8, 4) is 0 Å². The highest BCUT2D eigenvalue weighted by atomic mass is 32.1. The third-order valence-electron chi connectivity index (χ3n) is 4.53. The lowest BCUT2D eigenvalue weighted by molar-refractivity contribution is 0.161. The molecular formula is C16H27NS. The van der Waals surface area contributed by atoms with E-state index in [0.717, 1.165) is 5.92 Å². The molecule has 0 spiro atoms. The number of nitrogens with one attached hydrogen (secondary N) is 1. The number of hydrogen-bond donors (Lipinski definition) is 1. The van der Waals surface area contributed by atoms with Crippen LogP contribution in [0.1, 0.15) is 62.4 Å². The fraction of sp³-hybridized carbons (Fsp3) is 0.750. The Hall–Kier alpha value is -0.340. The maximum Gasteiger partial charge on any atom is 0.0385 e. The Bertz CT molecular complexity index is 374. The van der Waals surface area contributed by atoms with Crippen LogP contribution in [-0.2, 0) is 0 Å². The number of hydrogen-bond acceptors (Lipinski definition) is 2. The molecule has 1 saturated carbocycles. The Kier molecular flexibility index (Phi) is 4.50. The van der Waals surface area contributed by atoms with Crippen LogP contribution in [0.5, 0.6) is 0 Å². The fourth-order valence-electron chi connectivity index (χ4n) is 3.99. The zero-order valence-corrected chi connectivity index (χ0v) is 13.1. The largest absolute Gasteiger partial charge is 0.312 e. The van der Waals surface area contributed by atoms with Gasteiger partial charge in [0.1, 0.15) is 0 Å². The van der Waals surface area contributed by atoms with Gasteiger partial charge in [0.25, 0.3) is 0 Å². The Labute approximate surface area is 116 Å². The molecule has 0 amide bonds. The Balaban J connectivity index is 2.31. The topological polar surface area (TPSA) is 12.0 Å². The van der Waals surface area contributed by atoms with Crippen LogP contribution < -0.4 is 5.32 Å². The summed E-state index contributed by atoms with van der Waals surface area (Å²) in [4.78, 5) is 1.49. The van der Waals surface area contributed by atoms with Crippen molar-refractivity contribution in [1.82, 2.24) is 5.32 Å². The zero-order chi connectivity index (χ0) is 13.2. The lowest BCUT2D eigenvalue weighted by atomic mass is 9.70. The summed E-state index contributed by atoms with van der Waals surface area (Å²) in [6, 6.07) is 2.88. The highest BCUT2D eigenvalue weighted by Crippen LogP contribution is 2.52. The van der Waals surface area contributed by atoms with Crippen LogP contribution in [0.3, 0.4) is 0 Å². The molecule has 1 unspecified atom stereocenters. The Morgan fingerprint density at radius 1 is 1.33 bits per heavy atom. The predicted molar refractivity (Wildman–Crippen MR) is 81.2 cm³/mol. The quantitative estimate of drug-likeness (QED) is 0.796. The first kappa shape index (κ1) is 14.1. The molecule has 102 valence electrons. The van der Waals surface area contributed by atoms with E-state index in [1.807, 2.05) is 11.3 Å². The van der Waals surface area contributed by atoms with Gasteiger partial charge in [-0.05, 0) is 61.6 Å². The molecule has 2 rings (SSSR count). The third-order valence-corrected chi connectivity index (χ3v) is 5.39.